The van der Waals surface area contributed by atoms with Gasteiger partial charge in [0.2, 0.25) is 15.9 Å². The average Bonchev–Trinajstić information content (AvgIpc) is 3.26. The number of urea groups is 1. The maximum Gasteiger partial charge on any atom is 0.323 e. The van der Waals surface area contributed by atoms with Crippen molar-refractivity contribution in [2.24, 2.45) is 5.73 Å². The largest absolute Gasteiger partial charge is 0.361 e. The number of sulfonamides is 1. The van der Waals surface area contributed by atoms with E-state index in [1.807, 2.05) is 6.08 Å². The summed E-state index contributed by atoms with van der Waals surface area (Å²) in [7, 11) is -3.60. The Kier molecular flexibility index (Phi) is 8.06. The van der Waals surface area contributed by atoms with Gasteiger partial charge in [0.25, 0.3) is 0 Å². The molecule has 11 nitrogen and oxygen atoms in total. The SMILES string of the molecule is NCCCNC(=O)CCN1C=C2C=C(c3ccc(S(=O)(=O)NC4CCCNC4)cc3)NC2NC1=O. The van der Waals surface area contributed by atoms with Crippen LogP contribution in [0.3, 0.4) is 0 Å². The Balaban J connectivity index is 1.38. The summed E-state index contributed by atoms with van der Waals surface area (Å²) in [6.07, 6.45) is 5.93. The van der Waals surface area contributed by atoms with Crippen LogP contribution in [0.2, 0.25) is 0 Å². The second kappa shape index (κ2) is 11.2. The molecule has 3 heterocycles. The van der Waals surface area contributed by atoms with Gasteiger partial charge in [-0.1, -0.05) is 12.1 Å². The van der Waals surface area contributed by atoms with Crippen molar-refractivity contribution in [3.05, 3.63) is 47.7 Å². The summed E-state index contributed by atoms with van der Waals surface area (Å²) in [5.74, 6) is -0.128. The molecule has 0 bridgehead atoms. The van der Waals surface area contributed by atoms with Crippen molar-refractivity contribution < 1.29 is 18.0 Å². The molecule has 2 atom stereocenters. The van der Waals surface area contributed by atoms with Crippen LogP contribution in [0.4, 0.5) is 4.79 Å². The van der Waals surface area contributed by atoms with Gasteiger partial charge in [-0.2, -0.15) is 0 Å². The van der Waals surface area contributed by atoms with Gasteiger partial charge in [0, 0.05) is 49.6 Å². The van der Waals surface area contributed by atoms with E-state index >= 15 is 0 Å². The molecule has 2 unspecified atom stereocenters. The van der Waals surface area contributed by atoms with Crippen LogP contribution in [-0.2, 0) is 14.8 Å². The van der Waals surface area contributed by atoms with Crippen molar-refractivity contribution in [1.82, 2.24) is 30.9 Å². The normalized spacial score (nSPS) is 22.0. The first kappa shape index (κ1) is 25.2. The fourth-order valence-electron chi connectivity index (χ4n) is 4.23. The minimum Gasteiger partial charge on any atom is -0.361 e. The average molecular weight is 504 g/mol. The molecule has 0 radical (unpaired) electrons. The molecule has 1 fully saturated rings. The Bertz CT molecular complexity index is 1100. The molecule has 12 heteroatoms. The van der Waals surface area contributed by atoms with Crippen LogP contribution in [0.5, 0.6) is 0 Å². The zero-order valence-corrected chi connectivity index (χ0v) is 20.4. The molecule has 3 aliphatic rings. The standard InChI is InChI=1S/C23H33N7O4S/c24-9-2-11-26-21(31)8-12-30-15-17-13-20(27-22(17)28-23(30)32)16-4-6-19(7-5-16)35(33,34)29-18-3-1-10-25-14-18/h4-7,13,15,18,22,25,27,29H,1-3,8-12,14,24H2,(H,26,31)(H,28,32). The third kappa shape index (κ3) is 6.40. The molecule has 4 rings (SSSR count). The molecule has 3 aliphatic heterocycles. The van der Waals surface area contributed by atoms with E-state index in [9.17, 15) is 18.0 Å². The minimum absolute atomic E-state index is 0.105. The fourth-order valence-corrected chi connectivity index (χ4v) is 5.50. The van der Waals surface area contributed by atoms with Crippen LogP contribution in [-0.4, -0.2) is 70.2 Å². The van der Waals surface area contributed by atoms with E-state index in [2.05, 4.69) is 26.0 Å². The Morgan fingerprint density at radius 2 is 2.00 bits per heavy atom. The molecule has 3 amide bonds. The first-order valence-electron chi connectivity index (χ1n) is 11.9. The lowest BCUT2D eigenvalue weighted by atomic mass is 10.1. The number of carbonyl (C=O) groups is 2. The van der Waals surface area contributed by atoms with E-state index < -0.39 is 10.0 Å². The third-order valence-electron chi connectivity index (χ3n) is 6.15. The van der Waals surface area contributed by atoms with Crippen LogP contribution in [0.15, 0.2) is 47.0 Å². The van der Waals surface area contributed by atoms with Crippen LogP contribution in [0.25, 0.3) is 5.70 Å². The third-order valence-corrected chi connectivity index (χ3v) is 7.69. The number of nitrogens with two attached hydrogens (primary N) is 1. The molecule has 35 heavy (non-hydrogen) atoms. The predicted molar refractivity (Wildman–Crippen MR) is 132 cm³/mol. The van der Waals surface area contributed by atoms with Gasteiger partial charge in [0.15, 0.2) is 0 Å². The van der Waals surface area contributed by atoms with E-state index in [0.29, 0.717) is 26.1 Å². The van der Waals surface area contributed by atoms with Gasteiger partial charge in [-0.15, -0.1) is 0 Å². The number of rotatable bonds is 10. The summed E-state index contributed by atoms with van der Waals surface area (Å²) in [6.45, 7) is 2.84. The first-order valence-corrected chi connectivity index (χ1v) is 13.4. The molecule has 0 spiro atoms. The summed E-state index contributed by atoms with van der Waals surface area (Å²) >= 11 is 0. The summed E-state index contributed by atoms with van der Waals surface area (Å²) in [4.78, 5) is 26.1. The summed E-state index contributed by atoms with van der Waals surface area (Å²) in [5, 5.41) is 12.1. The molecule has 7 N–H and O–H groups in total. The second-order valence-corrected chi connectivity index (χ2v) is 10.6. The highest BCUT2D eigenvalue weighted by Crippen LogP contribution is 2.26. The highest BCUT2D eigenvalue weighted by atomic mass is 32.2. The fraction of sp³-hybridized carbons (Fsp3) is 0.478. The zero-order chi connectivity index (χ0) is 24.8. The summed E-state index contributed by atoms with van der Waals surface area (Å²) in [6, 6.07) is 6.26. The lowest BCUT2D eigenvalue weighted by Gasteiger charge is -2.29. The number of hydrogen-bond acceptors (Lipinski definition) is 7. The number of hydrogen-bond donors (Lipinski definition) is 6. The Hall–Kier alpha value is -2.93. The Labute approximate surface area is 205 Å². The second-order valence-electron chi connectivity index (χ2n) is 8.84. The number of amides is 3. The molecule has 1 aromatic carbocycles. The summed E-state index contributed by atoms with van der Waals surface area (Å²) in [5.41, 5.74) is 7.86. The van der Waals surface area contributed by atoms with Crippen molar-refractivity contribution in [3.8, 4) is 0 Å². The van der Waals surface area contributed by atoms with Gasteiger partial charge in [0.1, 0.15) is 6.17 Å². The number of carbonyl (C=O) groups excluding carboxylic acids is 2. The summed E-state index contributed by atoms with van der Waals surface area (Å²) < 4.78 is 28.2. The van der Waals surface area contributed by atoms with Gasteiger partial charge in [-0.25, -0.2) is 17.9 Å². The molecule has 1 aromatic rings. The van der Waals surface area contributed by atoms with Crippen LogP contribution in [0.1, 0.15) is 31.2 Å². The smallest absolute Gasteiger partial charge is 0.323 e. The Morgan fingerprint density at radius 1 is 1.20 bits per heavy atom. The molecule has 0 aromatic heterocycles. The van der Waals surface area contributed by atoms with Crippen molar-refractivity contribution in [2.75, 3.05) is 32.7 Å². The van der Waals surface area contributed by atoms with Gasteiger partial charge in [-0.3, -0.25) is 4.79 Å². The quantitative estimate of drug-likeness (QED) is 0.240. The van der Waals surface area contributed by atoms with E-state index in [0.717, 1.165) is 36.2 Å². The molecule has 0 saturated carbocycles. The molecular weight excluding hydrogens is 470 g/mol. The monoisotopic (exact) mass is 503 g/mol. The topological polar surface area (TPSA) is 158 Å². The first-order chi connectivity index (χ1) is 16.9. The highest BCUT2D eigenvalue weighted by Gasteiger charge is 2.31. The van der Waals surface area contributed by atoms with E-state index in [1.54, 1.807) is 30.5 Å². The lowest BCUT2D eigenvalue weighted by molar-refractivity contribution is -0.121. The van der Waals surface area contributed by atoms with Gasteiger partial charge in [-0.05, 0) is 56.1 Å². The number of nitrogens with zero attached hydrogens (tertiary/aromatic N) is 1. The van der Waals surface area contributed by atoms with Gasteiger partial charge >= 0.3 is 6.03 Å². The van der Waals surface area contributed by atoms with E-state index in [1.165, 1.54) is 4.90 Å². The van der Waals surface area contributed by atoms with Crippen LogP contribution >= 0.6 is 0 Å². The van der Waals surface area contributed by atoms with Gasteiger partial charge in [0.05, 0.1) is 4.90 Å². The molecule has 0 aliphatic carbocycles. The van der Waals surface area contributed by atoms with Crippen molar-refractivity contribution >= 4 is 27.7 Å². The maximum absolute atomic E-state index is 12.7. The van der Waals surface area contributed by atoms with Gasteiger partial charge < -0.3 is 31.9 Å². The number of fused-ring (bicyclic) bond motifs is 1. The zero-order valence-electron chi connectivity index (χ0n) is 19.5. The maximum atomic E-state index is 12.7. The van der Waals surface area contributed by atoms with Crippen molar-refractivity contribution in [3.63, 3.8) is 0 Å². The molecule has 1 saturated heterocycles. The number of benzene rings is 1. The van der Waals surface area contributed by atoms with E-state index in [4.69, 9.17) is 5.73 Å². The predicted octanol–water partition coefficient (Wildman–Crippen LogP) is -0.249. The molecular formula is C23H33N7O4S. The van der Waals surface area contributed by atoms with Crippen molar-refractivity contribution in [1.29, 1.82) is 0 Å². The highest BCUT2D eigenvalue weighted by molar-refractivity contribution is 7.89. The van der Waals surface area contributed by atoms with E-state index in [-0.39, 0.29) is 42.0 Å². The molecule has 190 valence electrons. The number of piperidine rings is 1. The van der Waals surface area contributed by atoms with Crippen LogP contribution < -0.4 is 31.7 Å². The minimum atomic E-state index is -3.60. The Morgan fingerprint density at radius 3 is 2.71 bits per heavy atom. The van der Waals surface area contributed by atoms with Crippen LogP contribution in [0, 0.1) is 0 Å². The number of nitrogens with one attached hydrogen (secondary N) is 5. The lowest BCUT2D eigenvalue weighted by Crippen LogP contribution is -2.52. The van der Waals surface area contributed by atoms with Crippen molar-refractivity contribution in [2.45, 2.75) is 42.8 Å².